The van der Waals surface area contributed by atoms with Crippen molar-refractivity contribution < 1.29 is 9.90 Å². The van der Waals surface area contributed by atoms with Crippen LogP contribution in [-0.4, -0.2) is 44.8 Å². The van der Waals surface area contributed by atoms with E-state index in [1.165, 1.54) is 0 Å². The molecule has 1 aliphatic rings. The Labute approximate surface area is 165 Å². The van der Waals surface area contributed by atoms with Crippen molar-refractivity contribution >= 4 is 16.7 Å². The van der Waals surface area contributed by atoms with E-state index < -0.39 is 5.60 Å². The lowest BCUT2D eigenvalue weighted by atomic mass is 9.86. The normalized spacial score (nSPS) is 15.9. The van der Waals surface area contributed by atoms with Crippen molar-refractivity contribution in [3.63, 3.8) is 0 Å². The third-order valence-electron chi connectivity index (χ3n) is 5.56. The maximum atomic E-state index is 12.9. The lowest BCUT2D eigenvalue weighted by Gasteiger charge is -2.34. The summed E-state index contributed by atoms with van der Waals surface area (Å²) in [5, 5.41) is 19.6. The Morgan fingerprint density at radius 3 is 2.64 bits per heavy atom. The number of nitrogens with one attached hydrogen (secondary N) is 1. The molecule has 0 atom stereocenters. The minimum absolute atomic E-state index is 0.000644. The van der Waals surface area contributed by atoms with Crippen molar-refractivity contribution in [3.05, 3.63) is 54.2 Å². The summed E-state index contributed by atoms with van der Waals surface area (Å²) in [5.74, 6) is 0.470. The molecule has 1 saturated heterocycles. The predicted octanol–water partition coefficient (Wildman–Crippen LogP) is 4.24. The molecular formula is C23H27N3O2. The molecule has 0 bridgehead atoms. The second kappa shape index (κ2) is 7.40. The van der Waals surface area contributed by atoms with E-state index in [0.717, 1.165) is 54.4 Å². The van der Waals surface area contributed by atoms with E-state index in [2.05, 4.69) is 28.4 Å². The van der Waals surface area contributed by atoms with Crippen LogP contribution in [0.5, 0.6) is 0 Å². The number of carbonyl (C=O) groups is 1. The van der Waals surface area contributed by atoms with Crippen LogP contribution in [0, 0.1) is 5.92 Å². The van der Waals surface area contributed by atoms with Gasteiger partial charge < -0.3 is 10.0 Å². The molecule has 2 aromatic carbocycles. The van der Waals surface area contributed by atoms with Gasteiger partial charge in [-0.05, 0) is 55.9 Å². The van der Waals surface area contributed by atoms with Crippen LogP contribution in [0.25, 0.3) is 22.0 Å². The first-order valence-electron chi connectivity index (χ1n) is 9.96. The molecule has 1 aliphatic heterocycles. The van der Waals surface area contributed by atoms with E-state index in [4.69, 9.17) is 0 Å². The van der Waals surface area contributed by atoms with Crippen molar-refractivity contribution in [2.45, 2.75) is 38.7 Å². The number of rotatable bonds is 4. The maximum absolute atomic E-state index is 12.9. The Morgan fingerprint density at radius 2 is 1.89 bits per heavy atom. The number of nitrogens with zero attached hydrogens (tertiary/aromatic N) is 2. The summed E-state index contributed by atoms with van der Waals surface area (Å²) in [6, 6.07) is 16.2. The van der Waals surface area contributed by atoms with E-state index in [9.17, 15) is 9.90 Å². The summed E-state index contributed by atoms with van der Waals surface area (Å²) in [6.07, 6.45) is 2.64. The van der Waals surface area contributed by atoms with Gasteiger partial charge in [0, 0.05) is 18.7 Å². The van der Waals surface area contributed by atoms with Gasteiger partial charge in [0.25, 0.3) is 5.91 Å². The number of benzene rings is 2. The highest BCUT2D eigenvalue weighted by Crippen LogP contribution is 2.29. The van der Waals surface area contributed by atoms with Gasteiger partial charge in [-0.25, -0.2) is 0 Å². The summed E-state index contributed by atoms with van der Waals surface area (Å²) in [5.41, 5.74) is 1.70. The minimum atomic E-state index is -0.645. The van der Waals surface area contributed by atoms with E-state index >= 15 is 0 Å². The van der Waals surface area contributed by atoms with Gasteiger partial charge in [-0.2, -0.15) is 5.10 Å². The number of H-pyrrole nitrogens is 1. The van der Waals surface area contributed by atoms with Gasteiger partial charge in [-0.3, -0.25) is 9.89 Å². The fourth-order valence-corrected chi connectivity index (χ4v) is 4.23. The fourth-order valence-electron chi connectivity index (χ4n) is 4.23. The number of aromatic nitrogens is 2. The first-order valence-corrected chi connectivity index (χ1v) is 9.96. The molecule has 1 fully saturated rings. The van der Waals surface area contributed by atoms with Crippen molar-refractivity contribution in [3.8, 4) is 11.3 Å². The van der Waals surface area contributed by atoms with Gasteiger partial charge in [-0.15, -0.1) is 0 Å². The highest BCUT2D eigenvalue weighted by Gasteiger charge is 2.28. The number of aromatic amines is 1. The minimum Gasteiger partial charge on any atom is -0.390 e. The number of likely N-dealkylation sites (tertiary alicyclic amines) is 1. The molecular weight excluding hydrogens is 350 g/mol. The molecule has 0 radical (unpaired) electrons. The Morgan fingerprint density at radius 1 is 1.18 bits per heavy atom. The first-order chi connectivity index (χ1) is 13.4. The average molecular weight is 377 g/mol. The predicted molar refractivity (Wildman–Crippen MR) is 111 cm³/mol. The highest BCUT2D eigenvalue weighted by molar-refractivity contribution is 5.98. The monoisotopic (exact) mass is 377 g/mol. The summed E-state index contributed by atoms with van der Waals surface area (Å²) in [6.45, 7) is 5.15. The molecule has 1 aromatic heterocycles. The molecule has 28 heavy (non-hydrogen) atoms. The standard InChI is InChI=1S/C23H27N3O2/c1-23(2,28)15-16-10-12-26(13-11-16)22(27)21-14-20(24-25-21)19-9-5-7-17-6-3-4-8-18(17)19/h3-9,14,16,28H,10-13,15H2,1-2H3,(H,24,25). The zero-order chi connectivity index (χ0) is 19.7. The number of fused-ring (bicyclic) bond motifs is 1. The van der Waals surface area contributed by atoms with Crippen LogP contribution in [0.4, 0.5) is 0 Å². The summed E-state index contributed by atoms with van der Waals surface area (Å²) >= 11 is 0. The first kappa shape index (κ1) is 18.7. The molecule has 0 aliphatic carbocycles. The lowest BCUT2D eigenvalue weighted by molar-refractivity contribution is 0.0357. The summed E-state index contributed by atoms with van der Waals surface area (Å²) in [7, 11) is 0. The Hall–Kier alpha value is -2.66. The molecule has 0 unspecified atom stereocenters. The van der Waals surface area contributed by atoms with Gasteiger partial charge in [-0.1, -0.05) is 42.5 Å². The van der Waals surface area contributed by atoms with Crippen molar-refractivity contribution in [2.75, 3.05) is 13.1 Å². The third-order valence-corrected chi connectivity index (χ3v) is 5.56. The van der Waals surface area contributed by atoms with Crippen LogP contribution in [0.3, 0.4) is 0 Å². The molecule has 0 saturated carbocycles. The van der Waals surface area contributed by atoms with Crippen LogP contribution in [0.15, 0.2) is 48.5 Å². The molecule has 3 aromatic rings. The summed E-state index contributed by atoms with van der Waals surface area (Å²) < 4.78 is 0. The summed E-state index contributed by atoms with van der Waals surface area (Å²) in [4.78, 5) is 14.8. The molecule has 5 heteroatoms. The molecule has 146 valence electrons. The van der Waals surface area contributed by atoms with Gasteiger partial charge in [0.05, 0.1) is 11.3 Å². The topological polar surface area (TPSA) is 69.2 Å². The van der Waals surface area contributed by atoms with Crippen LogP contribution in [0.1, 0.15) is 43.6 Å². The van der Waals surface area contributed by atoms with Crippen LogP contribution < -0.4 is 0 Å². The van der Waals surface area contributed by atoms with E-state index in [1.54, 1.807) is 0 Å². The quantitative estimate of drug-likeness (QED) is 0.714. The van der Waals surface area contributed by atoms with E-state index in [-0.39, 0.29) is 5.91 Å². The van der Waals surface area contributed by atoms with Gasteiger partial charge in [0.15, 0.2) is 0 Å². The van der Waals surface area contributed by atoms with Gasteiger partial charge in [0.1, 0.15) is 5.69 Å². The van der Waals surface area contributed by atoms with Crippen LogP contribution in [0.2, 0.25) is 0 Å². The molecule has 5 nitrogen and oxygen atoms in total. The van der Waals surface area contributed by atoms with Gasteiger partial charge >= 0.3 is 0 Å². The highest BCUT2D eigenvalue weighted by atomic mass is 16.3. The number of carbonyl (C=O) groups excluding carboxylic acids is 1. The smallest absolute Gasteiger partial charge is 0.271 e. The zero-order valence-electron chi connectivity index (χ0n) is 16.5. The molecule has 1 amide bonds. The largest absolute Gasteiger partial charge is 0.390 e. The average Bonchev–Trinajstić information content (AvgIpc) is 3.16. The number of hydrogen-bond acceptors (Lipinski definition) is 3. The number of piperidine rings is 1. The molecule has 4 rings (SSSR count). The van der Waals surface area contributed by atoms with Crippen LogP contribution in [-0.2, 0) is 0 Å². The third kappa shape index (κ3) is 3.94. The fraction of sp³-hybridized carbons (Fsp3) is 0.391. The Balaban J connectivity index is 1.48. The lowest BCUT2D eigenvalue weighted by Crippen LogP contribution is -2.40. The number of amides is 1. The van der Waals surface area contributed by atoms with Crippen LogP contribution >= 0.6 is 0 Å². The van der Waals surface area contributed by atoms with E-state index in [1.807, 2.05) is 49.1 Å². The SMILES string of the molecule is CC(C)(O)CC1CCN(C(=O)c2cc(-c3cccc4ccccc34)n[nH]2)CC1. The number of hydrogen-bond donors (Lipinski definition) is 2. The molecule has 0 spiro atoms. The Bertz CT molecular complexity index is 973. The molecule has 2 N–H and O–H groups in total. The zero-order valence-corrected chi connectivity index (χ0v) is 16.5. The second-order valence-corrected chi connectivity index (χ2v) is 8.45. The number of aliphatic hydroxyl groups is 1. The van der Waals surface area contributed by atoms with Crippen molar-refractivity contribution in [1.82, 2.24) is 15.1 Å². The second-order valence-electron chi connectivity index (χ2n) is 8.45. The Kier molecular flexibility index (Phi) is 4.94. The maximum Gasteiger partial charge on any atom is 0.271 e. The van der Waals surface area contributed by atoms with Crippen molar-refractivity contribution in [1.29, 1.82) is 0 Å². The van der Waals surface area contributed by atoms with Gasteiger partial charge in [0.2, 0.25) is 0 Å². The van der Waals surface area contributed by atoms with E-state index in [0.29, 0.717) is 11.6 Å². The molecule has 2 heterocycles. The van der Waals surface area contributed by atoms with Crippen molar-refractivity contribution in [2.24, 2.45) is 5.92 Å².